The highest BCUT2D eigenvalue weighted by Crippen LogP contribution is 2.22. The van der Waals surface area contributed by atoms with Gasteiger partial charge in [0.2, 0.25) is 0 Å². The third kappa shape index (κ3) is 1.62. The van der Waals surface area contributed by atoms with Crippen LogP contribution in [-0.4, -0.2) is 14.3 Å². The molecular formula is C13H9N3O2. The van der Waals surface area contributed by atoms with E-state index >= 15 is 0 Å². The number of hydrogen-bond acceptors (Lipinski definition) is 3. The summed E-state index contributed by atoms with van der Waals surface area (Å²) in [5.74, 6) is 0. The minimum Gasteiger partial charge on any atom is -0.293 e. The average Bonchev–Trinajstić information content (AvgIpc) is 2.82. The lowest BCUT2D eigenvalue weighted by molar-refractivity contribution is -0.385. The second-order valence-corrected chi connectivity index (χ2v) is 3.88. The quantitative estimate of drug-likeness (QED) is 0.510. The van der Waals surface area contributed by atoms with Crippen molar-refractivity contribution in [3.8, 4) is 11.3 Å². The summed E-state index contributed by atoms with van der Waals surface area (Å²) in [6.45, 7) is 0. The van der Waals surface area contributed by atoms with Crippen LogP contribution in [-0.2, 0) is 0 Å². The monoisotopic (exact) mass is 239 g/mol. The van der Waals surface area contributed by atoms with E-state index in [9.17, 15) is 10.1 Å². The molecule has 0 spiro atoms. The first-order chi connectivity index (χ1) is 8.75. The smallest absolute Gasteiger partial charge is 0.286 e. The Kier molecular flexibility index (Phi) is 2.30. The van der Waals surface area contributed by atoms with Crippen molar-refractivity contribution in [3.05, 3.63) is 65.0 Å². The number of nitro groups is 1. The molecule has 5 nitrogen and oxygen atoms in total. The van der Waals surface area contributed by atoms with Gasteiger partial charge in [-0.1, -0.05) is 30.3 Å². The summed E-state index contributed by atoms with van der Waals surface area (Å²) in [4.78, 5) is 14.6. The molecule has 18 heavy (non-hydrogen) atoms. The first kappa shape index (κ1) is 10.5. The van der Waals surface area contributed by atoms with E-state index in [1.807, 2.05) is 30.3 Å². The standard InChI is InChI=1S/C13H9N3O2/c17-16(18)11-6-7-13-14-8-12(15(13)9-11)10-4-2-1-3-5-10/h1-9H. The number of aromatic nitrogens is 2. The maximum absolute atomic E-state index is 10.8. The number of pyridine rings is 1. The van der Waals surface area contributed by atoms with E-state index in [0.717, 1.165) is 11.3 Å². The number of imidazole rings is 1. The predicted octanol–water partition coefficient (Wildman–Crippen LogP) is 2.91. The molecule has 3 aromatic rings. The van der Waals surface area contributed by atoms with Gasteiger partial charge in [0.1, 0.15) is 5.65 Å². The Labute approximate surface area is 102 Å². The molecule has 0 unspecified atom stereocenters. The minimum absolute atomic E-state index is 0.0534. The van der Waals surface area contributed by atoms with Crippen molar-refractivity contribution in [1.82, 2.24) is 9.38 Å². The maximum Gasteiger partial charge on any atom is 0.286 e. The zero-order chi connectivity index (χ0) is 12.5. The van der Waals surface area contributed by atoms with E-state index in [-0.39, 0.29) is 5.69 Å². The number of hydrogen-bond donors (Lipinski definition) is 0. The van der Waals surface area contributed by atoms with Crippen molar-refractivity contribution in [1.29, 1.82) is 0 Å². The summed E-state index contributed by atoms with van der Waals surface area (Å²) in [6.07, 6.45) is 3.21. The van der Waals surface area contributed by atoms with Gasteiger partial charge in [-0.15, -0.1) is 0 Å². The fourth-order valence-electron chi connectivity index (χ4n) is 1.90. The molecule has 0 radical (unpaired) electrons. The van der Waals surface area contributed by atoms with Gasteiger partial charge < -0.3 is 0 Å². The summed E-state index contributed by atoms with van der Waals surface area (Å²) in [6, 6.07) is 12.8. The molecule has 0 amide bonds. The van der Waals surface area contributed by atoms with Crippen LogP contribution in [0.2, 0.25) is 0 Å². The van der Waals surface area contributed by atoms with Gasteiger partial charge in [0.25, 0.3) is 5.69 Å². The normalized spacial score (nSPS) is 10.7. The lowest BCUT2D eigenvalue weighted by Gasteiger charge is -2.01. The Balaban J connectivity index is 2.24. The third-order valence-electron chi connectivity index (χ3n) is 2.77. The number of fused-ring (bicyclic) bond motifs is 1. The van der Waals surface area contributed by atoms with Gasteiger partial charge in [-0.3, -0.25) is 14.5 Å². The average molecular weight is 239 g/mol. The maximum atomic E-state index is 10.8. The molecule has 5 heteroatoms. The molecule has 0 aliphatic heterocycles. The van der Waals surface area contributed by atoms with Crippen LogP contribution in [0.5, 0.6) is 0 Å². The second kappa shape index (κ2) is 3.96. The highest BCUT2D eigenvalue weighted by atomic mass is 16.6. The molecule has 0 bridgehead atoms. The van der Waals surface area contributed by atoms with Crippen LogP contribution in [0.4, 0.5) is 5.69 Å². The van der Waals surface area contributed by atoms with Crippen molar-refractivity contribution >= 4 is 11.3 Å². The Bertz CT molecular complexity index is 719. The molecule has 0 atom stereocenters. The molecule has 0 saturated heterocycles. The SMILES string of the molecule is O=[N+]([O-])c1ccc2ncc(-c3ccccc3)n2c1. The molecule has 0 N–H and O–H groups in total. The fraction of sp³-hybridized carbons (Fsp3) is 0. The van der Waals surface area contributed by atoms with E-state index in [0.29, 0.717) is 5.65 Å². The second-order valence-electron chi connectivity index (χ2n) is 3.88. The Morgan fingerprint density at radius 1 is 1.11 bits per heavy atom. The summed E-state index contributed by atoms with van der Waals surface area (Å²) in [7, 11) is 0. The van der Waals surface area contributed by atoms with E-state index in [1.54, 1.807) is 16.7 Å². The molecule has 3 rings (SSSR count). The molecular weight excluding hydrogens is 230 g/mol. The van der Waals surface area contributed by atoms with E-state index in [1.165, 1.54) is 12.3 Å². The Morgan fingerprint density at radius 3 is 2.61 bits per heavy atom. The molecule has 88 valence electrons. The first-order valence-electron chi connectivity index (χ1n) is 5.42. The summed E-state index contributed by atoms with van der Waals surface area (Å²) < 4.78 is 1.73. The largest absolute Gasteiger partial charge is 0.293 e. The van der Waals surface area contributed by atoms with Crippen LogP contribution in [0.15, 0.2) is 54.9 Å². The van der Waals surface area contributed by atoms with Gasteiger partial charge in [0.05, 0.1) is 23.0 Å². The third-order valence-corrected chi connectivity index (χ3v) is 2.77. The molecule has 2 heterocycles. The molecule has 0 aliphatic carbocycles. The summed E-state index contributed by atoms with van der Waals surface area (Å²) >= 11 is 0. The highest BCUT2D eigenvalue weighted by Gasteiger charge is 2.10. The Hall–Kier alpha value is -2.69. The van der Waals surface area contributed by atoms with E-state index in [4.69, 9.17) is 0 Å². The number of benzene rings is 1. The first-order valence-corrected chi connectivity index (χ1v) is 5.42. The van der Waals surface area contributed by atoms with Crippen molar-refractivity contribution in [2.24, 2.45) is 0 Å². The molecule has 0 aliphatic rings. The van der Waals surface area contributed by atoms with Crippen molar-refractivity contribution < 1.29 is 4.92 Å². The van der Waals surface area contributed by atoms with Crippen LogP contribution in [0, 0.1) is 10.1 Å². The van der Waals surface area contributed by atoms with Crippen LogP contribution < -0.4 is 0 Å². The van der Waals surface area contributed by atoms with Crippen LogP contribution >= 0.6 is 0 Å². The highest BCUT2D eigenvalue weighted by molar-refractivity contribution is 5.64. The Morgan fingerprint density at radius 2 is 1.89 bits per heavy atom. The lowest BCUT2D eigenvalue weighted by Crippen LogP contribution is -1.93. The lowest BCUT2D eigenvalue weighted by atomic mass is 10.2. The zero-order valence-electron chi connectivity index (χ0n) is 9.35. The van der Waals surface area contributed by atoms with E-state index in [2.05, 4.69) is 4.98 Å². The van der Waals surface area contributed by atoms with Gasteiger partial charge in [0, 0.05) is 11.6 Å². The van der Waals surface area contributed by atoms with Gasteiger partial charge >= 0.3 is 0 Å². The molecule has 1 aromatic carbocycles. The van der Waals surface area contributed by atoms with Crippen LogP contribution in [0.3, 0.4) is 0 Å². The van der Waals surface area contributed by atoms with E-state index < -0.39 is 4.92 Å². The molecule has 0 saturated carbocycles. The predicted molar refractivity (Wildman–Crippen MR) is 67.3 cm³/mol. The van der Waals surface area contributed by atoms with Crippen molar-refractivity contribution in [2.45, 2.75) is 0 Å². The van der Waals surface area contributed by atoms with Gasteiger partial charge in [0.15, 0.2) is 0 Å². The van der Waals surface area contributed by atoms with Gasteiger partial charge in [-0.25, -0.2) is 4.98 Å². The van der Waals surface area contributed by atoms with Crippen LogP contribution in [0.25, 0.3) is 16.9 Å². The molecule has 2 aromatic heterocycles. The van der Waals surface area contributed by atoms with Gasteiger partial charge in [-0.2, -0.15) is 0 Å². The minimum atomic E-state index is -0.409. The zero-order valence-corrected chi connectivity index (χ0v) is 9.35. The van der Waals surface area contributed by atoms with Crippen molar-refractivity contribution in [2.75, 3.05) is 0 Å². The topological polar surface area (TPSA) is 60.4 Å². The summed E-state index contributed by atoms with van der Waals surface area (Å²) in [5, 5.41) is 10.8. The fourth-order valence-corrected chi connectivity index (χ4v) is 1.90. The van der Waals surface area contributed by atoms with Crippen molar-refractivity contribution in [3.63, 3.8) is 0 Å². The number of rotatable bonds is 2. The number of nitrogens with zero attached hydrogens (tertiary/aromatic N) is 3. The molecule has 0 fully saturated rings. The summed E-state index contributed by atoms with van der Waals surface area (Å²) in [5.41, 5.74) is 2.57. The van der Waals surface area contributed by atoms with Gasteiger partial charge in [-0.05, 0) is 6.07 Å². The van der Waals surface area contributed by atoms with Crippen LogP contribution in [0.1, 0.15) is 0 Å².